The van der Waals surface area contributed by atoms with Gasteiger partial charge in [-0.15, -0.1) is 0 Å². The highest BCUT2D eigenvalue weighted by Gasteiger charge is 2.17. The summed E-state index contributed by atoms with van der Waals surface area (Å²) in [5.74, 6) is 0. The first-order valence-electron chi connectivity index (χ1n) is 10.1. The van der Waals surface area contributed by atoms with Crippen LogP contribution in [0.25, 0.3) is 0 Å². The van der Waals surface area contributed by atoms with Gasteiger partial charge in [-0.25, -0.2) is 0 Å². The van der Waals surface area contributed by atoms with Crippen molar-refractivity contribution in [1.82, 2.24) is 14.7 Å². The van der Waals surface area contributed by atoms with Crippen molar-refractivity contribution in [3.05, 3.63) is 0 Å². The molecule has 0 amide bonds. The topological polar surface area (TPSA) is 111 Å². The van der Waals surface area contributed by atoms with E-state index in [0.29, 0.717) is 58.9 Å². The summed E-state index contributed by atoms with van der Waals surface area (Å²) in [6.07, 6.45) is -2.35. The summed E-state index contributed by atoms with van der Waals surface area (Å²) in [5, 5.41) is 48.4. The van der Waals surface area contributed by atoms with E-state index in [0.717, 1.165) is 0 Å². The van der Waals surface area contributed by atoms with E-state index >= 15 is 0 Å². The quantitative estimate of drug-likeness (QED) is 0.222. The van der Waals surface area contributed by atoms with Gasteiger partial charge in [-0.3, -0.25) is 14.7 Å². The second-order valence-corrected chi connectivity index (χ2v) is 8.06. The van der Waals surface area contributed by atoms with E-state index in [2.05, 4.69) is 4.90 Å². The monoisotopic (exact) mass is 393 g/mol. The first-order valence-corrected chi connectivity index (χ1v) is 10.1. The number of aliphatic hydroxyl groups is 5. The molecule has 0 unspecified atom stereocenters. The lowest BCUT2D eigenvalue weighted by Gasteiger charge is -2.32. The third-order valence-electron chi connectivity index (χ3n) is 4.08. The zero-order chi connectivity index (χ0) is 21.0. The van der Waals surface area contributed by atoms with Gasteiger partial charge in [-0.1, -0.05) is 0 Å². The van der Waals surface area contributed by atoms with Crippen molar-refractivity contribution in [3.63, 3.8) is 0 Å². The molecule has 5 atom stereocenters. The highest BCUT2D eigenvalue weighted by atomic mass is 16.3. The van der Waals surface area contributed by atoms with Crippen LogP contribution in [0.3, 0.4) is 0 Å². The summed E-state index contributed by atoms with van der Waals surface area (Å²) in [7, 11) is 0. The molecule has 0 aliphatic carbocycles. The Hall–Kier alpha value is -0.320. The molecule has 8 nitrogen and oxygen atoms in total. The largest absolute Gasteiger partial charge is 0.392 e. The summed E-state index contributed by atoms with van der Waals surface area (Å²) < 4.78 is 0. The van der Waals surface area contributed by atoms with Crippen LogP contribution in [-0.2, 0) is 0 Å². The molecular weight excluding hydrogens is 350 g/mol. The van der Waals surface area contributed by atoms with Crippen molar-refractivity contribution in [2.45, 2.75) is 65.1 Å². The van der Waals surface area contributed by atoms with Crippen molar-refractivity contribution in [1.29, 1.82) is 0 Å². The van der Waals surface area contributed by atoms with E-state index in [1.807, 2.05) is 9.80 Å². The SMILES string of the molecule is C[C@@H](O)CN(CCN(C[C@@H](C)O)C[C@@H](C)O)CCN(C[C@@H](C)O)C[C@@H](C)O. The average molecular weight is 394 g/mol. The number of rotatable bonds is 16. The summed E-state index contributed by atoms with van der Waals surface area (Å²) in [4.78, 5) is 6.18. The van der Waals surface area contributed by atoms with Gasteiger partial charge in [-0.05, 0) is 34.6 Å². The average Bonchev–Trinajstić information content (AvgIpc) is 2.46. The highest BCUT2D eigenvalue weighted by Crippen LogP contribution is 2.02. The molecule has 5 N–H and O–H groups in total. The van der Waals surface area contributed by atoms with Gasteiger partial charge in [-0.2, -0.15) is 0 Å². The Morgan fingerprint density at radius 3 is 0.815 bits per heavy atom. The summed E-state index contributed by atoms with van der Waals surface area (Å²) in [6, 6.07) is 0. The van der Waals surface area contributed by atoms with E-state index in [1.165, 1.54) is 0 Å². The molecule has 0 aliphatic rings. The van der Waals surface area contributed by atoms with Gasteiger partial charge in [0.15, 0.2) is 0 Å². The summed E-state index contributed by atoms with van der Waals surface area (Å²) >= 11 is 0. The van der Waals surface area contributed by atoms with Crippen molar-refractivity contribution in [3.8, 4) is 0 Å². The minimum Gasteiger partial charge on any atom is -0.392 e. The molecule has 0 saturated carbocycles. The van der Waals surface area contributed by atoms with Crippen LogP contribution in [0.5, 0.6) is 0 Å². The molecule has 0 heterocycles. The van der Waals surface area contributed by atoms with E-state index in [4.69, 9.17) is 0 Å². The predicted molar refractivity (Wildman–Crippen MR) is 108 cm³/mol. The fraction of sp³-hybridized carbons (Fsp3) is 1.00. The van der Waals surface area contributed by atoms with Gasteiger partial charge in [0.25, 0.3) is 0 Å². The Labute approximate surface area is 165 Å². The maximum Gasteiger partial charge on any atom is 0.0639 e. The number of hydrogen-bond acceptors (Lipinski definition) is 8. The normalized spacial score (nSPS) is 18.1. The Bertz CT molecular complexity index is 306. The van der Waals surface area contributed by atoms with Gasteiger partial charge in [0, 0.05) is 58.9 Å². The minimum atomic E-state index is -0.471. The molecule has 0 aromatic carbocycles. The van der Waals surface area contributed by atoms with Crippen LogP contribution in [0.1, 0.15) is 34.6 Å². The van der Waals surface area contributed by atoms with Crippen molar-refractivity contribution < 1.29 is 25.5 Å². The zero-order valence-corrected chi connectivity index (χ0v) is 17.8. The highest BCUT2D eigenvalue weighted by molar-refractivity contribution is 4.72. The van der Waals surface area contributed by atoms with Crippen molar-refractivity contribution in [2.24, 2.45) is 0 Å². The molecule has 0 bridgehead atoms. The fourth-order valence-corrected chi connectivity index (χ4v) is 3.24. The summed E-state index contributed by atoms with van der Waals surface area (Å²) in [6.45, 7) is 13.9. The Balaban J connectivity index is 4.73. The zero-order valence-electron chi connectivity index (χ0n) is 17.8. The molecule has 27 heavy (non-hydrogen) atoms. The molecule has 0 aromatic rings. The van der Waals surface area contributed by atoms with Crippen LogP contribution in [0, 0.1) is 0 Å². The molecule has 0 aliphatic heterocycles. The molecule has 0 aromatic heterocycles. The lowest BCUT2D eigenvalue weighted by molar-refractivity contribution is 0.0555. The van der Waals surface area contributed by atoms with Gasteiger partial charge < -0.3 is 25.5 Å². The predicted octanol–water partition coefficient (Wildman–Crippen LogP) is -1.20. The Kier molecular flexibility index (Phi) is 14.5. The van der Waals surface area contributed by atoms with Gasteiger partial charge >= 0.3 is 0 Å². The van der Waals surface area contributed by atoms with E-state index in [1.54, 1.807) is 34.6 Å². The second kappa shape index (κ2) is 14.6. The number of nitrogens with zero attached hydrogens (tertiary/aromatic N) is 3. The van der Waals surface area contributed by atoms with Crippen LogP contribution < -0.4 is 0 Å². The standard InChI is InChI=1S/C19H43N3O5/c1-15(23)10-20(6-8-21(11-16(2)24)12-17(3)25)7-9-22(13-18(4)26)14-19(5)27/h15-19,23-27H,6-14H2,1-5H3/t15-,16-,17-,18-,19-/m1/s1. The molecule has 0 saturated heterocycles. The maximum absolute atomic E-state index is 9.81. The van der Waals surface area contributed by atoms with Crippen LogP contribution in [-0.4, -0.2) is 130 Å². The van der Waals surface area contributed by atoms with Gasteiger partial charge in [0.2, 0.25) is 0 Å². The van der Waals surface area contributed by atoms with E-state index in [9.17, 15) is 25.5 Å². The van der Waals surface area contributed by atoms with Gasteiger partial charge in [0.05, 0.1) is 30.5 Å². The van der Waals surface area contributed by atoms with Crippen LogP contribution in [0.15, 0.2) is 0 Å². The molecule has 164 valence electrons. The van der Waals surface area contributed by atoms with Crippen molar-refractivity contribution in [2.75, 3.05) is 58.9 Å². The molecule has 8 heteroatoms. The first-order chi connectivity index (χ1) is 12.5. The number of hydrogen-bond donors (Lipinski definition) is 5. The Morgan fingerprint density at radius 1 is 0.407 bits per heavy atom. The maximum atomic E-state index is 9.81. The third kappa shape index (κ3) is 16.3. The Morgan fingerprint density at radius 2 is 0.593 bits per heavy atom. The van der Waals surface area contributed by atoms with E-state index < -0.39 is 30.5 Å². The lowest BCUT2D eigenvalue weighted by atomic mass is 10.2. The van der Waals surface area contributed by atoms with Gasteiger partial charge in [0.1, 0.15) is 0 Å². The first kappa shape index (κ1) is 26.7. The van der Waals surface area contributed by atoms with Crippen LogP contribution in [0.2, 0.25) is 0 Å². The minimum absolute atomic E-state index is 0.464. The van der Waals surface area contributed by atoms with Crippen LogP contribution in [0.4, 0.5) is 0 Å². The van der Waals surface area contributed by atoms with Crippen molar-refractivity contribution >= 4 is 0 Å². The summed E-state index contributed by atoms with van der Waals surface area (Å²) in [5.41, 5.74) is 0. The number of aliphatic hydroxyl groups excluding tert-OH is 5. The molecule has 0 fully saturated rings. The molecular formula is C19H43N3O5. The molecule has 0 spiro atoms. The van der Waals surface area contributed by atoms with Crippen LogP contribution >= 0.6 is 0 Å². The molecule has 0 rings (SSSR count). The third-order valence-corrected chi connectivity index (χ3v) is 4.08. The van der Waals surface area contributed by atoms with E-state index in [-0.39, 0.29) is 0 Å². The lowest BCUT2D eigenvalue weighted by Crippen LogP contribution is -2.46. The second-order valence-electron chi connectivity index (χ2n) is 8.06. The molecule has 0 radical (unpaired) electrons. The fourth-order valence-electron chi connectivity index (χ4n) is 3.24. The smallest absolute Gasteiger partial charge is 0.0639 e.